The maximum Gasteiger partial charge on any atom is 0.218 e. The van der Waals surface area contributed by atoms with Gasteiger partial charge < -0.3 is 10.3 Å². The van der Waals surface area contributed by atoms with Gasteiger partial charge in [0.25, 0.3) is 0 Å². The van der Waals surface area contributed by atoms with Crippen LogP contribution in [0.1, 0.15) is 42.5 Å². The van der Waals surface area contributed by atoms with Gasteiger partial charge in [-0.05, 0) is 39.3 Å². The Bertz CT molecular complexity index is 674. The summed E-state index contributed by atoms with van der Waals surface area (Å²) in [6.45, 7) is 5.53. The van der Waals surface area contributed by atoms with Crippen LogP contribution in [-0.2, 0) is 4.79 Å². The Morgan fingerprint density at radius 3 is 2.87 bits per heavy atom. The van der Waals surface area contributed by atoms with Gasteiger partial charge >= 0.3 is 0 Å². The standard InChI is InChI=1S/C17H22N4O2/c1-11-17(12(2)23-20-11)13-5-6-14(19-10-13)15-4-3-8-21(15)9-7-16(18)22/h5-6,10,15H,3-4,7-9H2,1-2H3,(H2,18,22). The van der Waals surface area contributed by atoms with Gasteiger partial charge in [0, 0.05) is 30.3 Å². The summed E-state index contributed by atoms with van der Waals surface area (Å²) in [5, 5.41) is 3.99. The van der Waals surface area contributed by atoms with E-state index in [1.54, 1.807) is 0 Å². The average molecular weight is 314 g/mol. The van der Waals surface area contributed by atoms with Crippen molar-refractivity contribution in [1.29, 1.82) is 0 Å². The molecule has 0 radical (unpaired) electrons. The molecule has 1 aliphatic heterocycles. The molecule has 6 heteroatoms. The molecule has 0 aliphatic carbocycles. The van der Waals surface area contributed by atoms with Crippen molar-refractivity contribution in [2.75, 3.05) is 13.1 Å². The third-order valence-electron chi connectivity index (χ3n) is 4.46. The molecule has 3 heterocycles. The highest BCUT2D eigenvalue weighted by Crippen LogP contribution is 2.32. The topological polar surface area (TPSA) is 85.3 Å². The number of nitrogens with zero attached hydrogens (tertiary/aromatic N) is 3. The lowest BCUT2D eigenvalue weighted by Crippen LogP contribution is -2.28. The first kappa shape index (κ1) is 15.7. The summed E-state index contributed by atoms with van der Waals surface area (Å²) in [5.41, 5.74) is 9.22. The molecule has 2 aromatic rings. The van der Waals surface area contributed by atoms with Crippen LogP contribution in [0.4, 0.5) is 0 Å². The minimum absolute atomic E-state index is 0.252. The number of hydrogen-bond acceptors (Lipinski definition) is 5. The highest BCUT2D eigenvalue weighted by Gasteiger charge is 2.27. The van der Waals surface area contributed by atoms with Gasteiger partial charge in [0.05, 0.1) is 17.4 Å². The van der Waals surface area contributed by atoms with Gasteiger partial charge in [-0.3, -0.25) is 14.7 Å². The van der Waals surface area contributed by atoms with Crippen molar-refractivity contribution in [2.24, 2.45) is 5.73 Å². The molecule has 0 saturated carbocycles. The Labute approximate surface area is 135 Å². The smallest absolute Gasteiger partial charge is 0.218 e. The number of aromatic nitrogens is 2. The number of likely N-dealkylation sites (tertiary alicyclic amines) is 1. The lowest BCUT2D eigenvalue weighted by atomic mass is 10.0. The van der Waals surface area contributed by atoms with Gasteiger partial charge in [-0.15, -0.1) is 0 Å². The van der Waals surface area contributed by atoms with Crippen LogP contribution in [0.2, 0.25) is 0 Å². The van der Waals surface area contributed by atoms with Crippen LogP contribution in [0.5, 0.6) is 0 Å². The zero-order chi connectivity index (χ0) is 16.4. The number of carbonyl (C=O) groups is 1. The molecular formula is C17H22N4O2. The first-order chi connectivity index (χ1) is 11.1. The molecule has 0 bridgehead atoms. The van der Waals surface area contributed by atoms with E-state index in [-0.39, 0.29) is 11.9 Å². The van der Waals surface area contributed by atoms with Gasteiger partial charge in [-0.2, -0.15) is 0 Å². The van der Waals surface area contributed by atoms with E-state index in [4.69, 9.17) is 10.3 Å². The van der Waals surface area contributed by atoms with Crippen LogP contribution in [0.3, 0.4) is 0 Å². The Hall–Kier alpha value is -2.21. The summed E-state index contributed by atoms with van der Waals surface area (Å²) in [6.07, 6.45) is 4.47. The summed E-state index contributed by atoms with van der Waals surface area (Å²) >= 11 is 0. The predicted molar refractivity (Wildman–Crippen MR) is 86.6 cm³/mol. The number of carbonyl (C=O) groups excluding carboxylic acids is 1. The monoisotopic (exact) mass is 314 g/mol. The number of rotatable bonds is 5. The molecule has 1 saturated heterocycles. The van der Waals surface area contributed by atoms with Crippen molar-refractivity contribution < 1.29 is 9.32 Å². The molecule has 2 aromatic heterocycles. The molecule has 1 amide bonds. The molecule has 3 rings (SSSR count). The number of nitrogens with two attached hydrogens (primary N) is 1. The molecule has 2 N–H and O–H groups in total. The van der Waals surface area contributed by atoms with Crippen molar-refractivity contribution in [2.45, 2.75) is 39.2 Å². The van der Waals surface area contributed by atoms with Gasteiger partial charge in [0.1, 0.15) is 5.76 Å². The first-order valence-corrected chi connectivity index (χ1v) is 7.98. The summed E-state index contributed by atoms with van der Waals surface area (Å²) in [6, 6.07) is 4.40. The molecule has 6 nitrogen and oxygen atoms in total. The third kappa shape index (κ3) is 3.27. The Kier molecular flexibility index (Phi) is 4.43. The minimum Gasteiger partial charge on any atom is -0.370 e. The molecule has 1 unspecified atom stereocenters. The predicted octanol–water partition coefficient (Wildman–Crippen LogP) is 2.37. The van der Waals surface area contributed by atoms with Crippen LogP contribution >= 0.6 is 0 Å². The Morgan fingerprint density at radius 1 is 1.43 bits per heavy atom. The fourth-order valence-electron chi connectivity index (χ4n) is 3.33. The zero-order valence-electron chi connectivity index (χ0n) is 13.6. The molecular weight excluding hydrogens is 292 g/mol. The second-order valence-corrected chi connectivity index (χ2v) is 6.08. The van der Waals surface area contributed by atoms with Crippen LogP contribution in [0.25, 0.3) is 11.1 Å². The lowest BCUT2D eigenvalue weighted by Gasteiger charge is -2.23. The van der Waals surface area contributed by atoms with Crippen LogP contribution in [0.15, 0.2) is 22.9 Å². The van der Waals surface area contributed by atoms with E-state index in [9.17, 15) is 4.79 Å². The molecule has 0 spiro atoms. The fraction of sp³-hybridized carbons (Fsp3) is 0.471. The quantitative estimate of drug-likeness (QED) is 0.915. The van der Waals surface area contributed by atoms with E-state index in [2.05, 4.69) is 27.2 Å². The number of primary amides is 1. The van der Waals surface area contributed by atoms with Gasteiger partial charge in [0.2, 0.25) is 5.91 Å². The van der Waals surface area contributed by atoms with Crippen molar-refractivity contribution in [3.05, 3.63) is 35.5 Å². The van der Waals surface area contributed by atoms with E-state index in [1.807, 2.05) is 20.0 Å². The fourth-order valence-corrected chi connectivity index (χ4v) is 3.33. The number of hydrogen-bond donors (Lipinski definition) is 1. The van der Waals surface area contributed by atoms with E-state index in [0.717, 1.165) is 47.7 Å². The summed E-state index contributed by atoms with van der Waals surface area (Å²) in [5.74, 6) is 0.554. The summed E-state index contributed by atoms with van der Waals surface area (Å²) < 4.78 is 5.22. The van der Waals surface area contributed by atoms with Gasteiger partial charge in [-0.25, -0.2) is 0 Å². The molecule has 1 fully saturated rings. The summed E-state index contributed by atoms with van der Waals surface area (Å²) in [7, 11) is 0. The van der Waals surface area contributed by atoms with E-state index >= 15 is 0 Å². The van der Waals surface area contributed by atoms with E-state index < -0.39 is 0 Å². The Morgan fingerprint density at radius 2 is 2.26 bits per heavy atom. The summed E-state index contributed by atoms with van der Waals surface area (Å²) in [4.78, 5) is 17.9. The minimum atomic E-state index is -0.252. The van der Waals surface area contributed by atoms with Crippen molar-refractivity contribution in [3.63, 3.8) is 0 Å². The zero-order valence-corrected chi connectivity index (χ0v) is 13.6. The Balaban J connectivity index is 1.78. The highest BCUT2D eigenvalue weighted by atomic mass is 16.5. The maximum atomic E-state index is 11.0. The molecule has 122 valence electrons. The van der Waals surface area contributed by atoms with E-state index in [0.29, 0.717) is 13.0 Å². The maximum absolute atomic E-state index is 11.0. The largest absolute Gasteiger partial charge is 0.370 e. The first-order valence-electron chi connectivity index (χ1n) is 7.98. The van der Waals surface area contributed by atoms with Gasteiger partial charge in [0.15, 0.2) is 0 Å². The molecule has 1 atom stereocenters. The molecule has 23 heavy (non-hydrogen) atoms. The SMILES string of the molecule is Cc1noc(C)c1-c1ccc(C2CCCN2CCC(N)=O)nc1. The number of pyridine rings is 1. The van der Waals surface area contributed by atoms with Crippen molar-refractivity contribution in [1.82, 2.24) is 15.0 Å². The van der Waals surface area contributed by atoms with Crippen molar-refractivity contribution in [3.8, 4) is 11.1 Å². The van der Waals surface area contributed by atoms with Gasteiger partial charge in [-0.1, -0.05) is 11.2 Å². The second-order valence-electron chi connectivity index (χ2n) is 6.08. The molecule has 0 aromatic carbocycles. The number of aryl methyl sites for hydroxylation is 2. The normalized spacial score (nSPS) is 18.4. The van der Waals surface area contributed by atoms with Crippen molar-refractivity contribution >= 4 is 5.91 Å². The number of amides is 1. The average Bonchev–Trinajstić information content (AvgIpc) is 3.12. The third-order valence-corrected chi connectivity index (χ3v) is 4.46. The van der Waals surface area contributed by atoms with E-state index in [1.165, 1.54) is 0 Å². The van der Waals surface area contributed by atoms with Crippen LogP contribution in [-0.4, -0.2) is 34.0 Å². The van der Waals surface area contributed by atoms with Crippen LogP contribution in [0, 0.1) is 13.8 Å². The van der Waals surface area contributed by atoms with Crippen LogP contribution < -0.4 is 5.73 Å². The molecule has 1 aliphatic rings. The lowest BCUT2D eigenvalue weighted by molar-refractivity contribution is -0.118. The highest BCUT2D eigenvalue weighted by molar-refractivity contribution is 5.73. The second kappa shape index (κ2) is 6.50.